The maximum Gasteiger partial charge on any atom is 0.274 e. The van der Waals surface area contributed by atoms with E-state index in [1.165, 1.54) is 29.0 Å². The van der Waals surface area contributed by atoms with E-state index in [2.05, 4.69) is 10.3 Å². The molecule has 10 nitrogen and oxygen atoms in total. The molecule has 2 aromatic rings. The Hall–Kier alpha value is -3.80. The first kappa shape index (κ1) is 25.3. The molecule has 192 valence electrons. The third kappa shape index (κ3) is 4.68. The topological polar surface area (TPSA) is 105 Å². The number of hydrogen-bond acceptors (Lipinski definition) is 7. The standard InChI is InChI=1S/C24H27F2N5O5/c1-13-7-8-36-29(3)14(2)28-19-12-30(13)24(34)20-22(35-4)21(32)17(11-31(19)20)23(33)27-10-15-5-6-16(25)9-18(15)26/h5-6,9,11,13,19H,7-8,10,12H2,1-4H3,(H,27,33)/b28-14-/t13?,19-/m1/s1. The number of methoxy groups -OCH3 is 1. The smallest absolute Gasteiger partial charge is 0.274 e. The van der Waals surface area contributed by atoms with Crippen LogP contribution in [0.15, 0.2) is 34.2 Å². The van der Waals surface area contributed by atoms with E-state index in [-0.39, 0.29) is 41.7 Å². The van der Waals surface area contributed by atoms with Crippen molar-refractivity contribution in [3.05, 3.63) is 63.1 Å². The van der Waals surface area contributed by atoms with Crippen molar-refractivity contribution in [1.29, 1.82) is 0 Å². The summed E-state index contributed by atoms with van der Waals surface area (Å²) in [5.74, 6) is -2.54. The number of carbonyl (C=O) groups is 2. The molecule has 36 heavy (non-hydrogen) atoms. The zero-order chi connectivity index (χ0) is 26.1. The highest BCUT2D eigenvalue weighted by atomic mass is 19.1. The number of rotatable bonds is 4. The van der Waals surface area contributed by atoms with Gasteiger partial charge in [0, 0.05) is 37.5 Å². The Bertz CT molecular complexity index is 1290. The minimum atomic E-state index is -0.826. The van der Waals surface area contributed by atoms with Crippen LogP contribution in [0.3, 0.4) is 0 Å². The van der Waals surface area contributed by atoms with E-state index in [0.717, 1.165) is 6.07 Å². The van der Waals surface area contributed by atoms with Gasteiger partial charge in [-0.2, -0.15) is 0 Å². The predicted octanol–water partition coefficient (Wildman–Crippen LogP) is 2.09. The van der Waals surface area contributed by atoms with Gasteiger partial charge >= 0.3 is 0 Å². The van der Waals surface area contributed by atoms with Crippen LogP contribution in [0.1, 0.15) is 52.8 Å². The quantitative estimate of drug-likeness (QED) is 0.685. The van der Waals surface area contributed by atoms with Gasteiger partial charge in [0.1, 0.15) is 29.2 Å². The first-order valence-electron chi connectivity index (χ1n) is 11.4. The molecule has 1 N–H and O–H groups in total. The monoisotopic (exact) mass is 503 g/mol. The number of amides is 2. The van der Waals surface area contributed by atoms with Crippen LogP contribution in [0.4, 0.5) is 8.78 Å². The Kier molecular flexibility index (Phi) is 7.07. The van der Waals surface area contributed by atoms with Crippen LogP contribution >= 0.6 is 0 Å². The summed E-state index contributed by atoms with van der Waals surface area (Å²) < 4.78 is 34.0. The van der Waals surface area contributed by atoms with Crippen molar-refractivity contribution in [2.75, 3.05) is 27.3 Å². The first-order chi connectivity index (χ1) is 17.1. The molecule has 1 unspecified atom stereocenters. The molecule has 0 radical (unpaired) electrons. The van der Waals surface area contributed by atoms with Gasteiger partial charge in [-0.25, -0.2) is 18.8 Å². The number of carbonyl (C=O) groups excluding carboxylic acids is 2. The van der Waals surface area contributed by atoms with Gasteiger partial charge in [-0.1, -0.05) is 6.07 Å². The number of ether oxygens (including phenoxy) is 1. The zero-order valence-electron chi connectivity index (χ0n) is 20.4. The number of hydroxylamine groups is 2. The third-order valence-corrected chi connectivity index (χ3v) is 6.38. The summed E-state index contributed by atoms with van der Waals surface area (Å²) in [6.45, 7) is 3.94. The Balaban J connectivity index is 1.77. The van der Waals surface area contributed by atoms with Gasteiger partial charge < -0.3 is 19.5 Å². The van der Waals surface area contributed by atoms with E-state index < -0.39 is 35.0 Å². The number of fused-ring (bicyclic) bond motifs is 4. The second kappa shape index (κ2) is 10.1. The average Bonchev–Trinajstić information content (AvgIpc) is 2.83. The van der Waals surface area contributed by atoms with Crippen molar-refractivity contribution in [1.82, 2.24) is 19.8 Å². The number of nitrogens with zero attached hydrogens (tertiary/aromatic N) is 4. The number of aromatic nitrogens is 1. The number of amidine groups is 1. The van der Waals surface area contributed by atoms with Gasteiger partial charge in [0.05, 0.1) is 20.3 Å². The minimum Gasteiger partial charge on any atom is -0.491 e. The summed E-state index contributed by atoms with van der Waals surface area (Å²) in [6.07, 6.45) is 1.16. The van der Waals surface area contributed by atoms with Crippen molar-refractivity contribution in [3.8, 4) is 5.75 Å². The lowest BCUT2D eigenvalue weighted by Gasteiger charge is -2.39. The van der Waals surface area contributed by atoms with Gasteiger partial charge in [-0.15, -0.1) is 0 Å². The molecule has 2 aliphatic heterocycles. The molecule has 2 amide bonds. The summed E-state index contributed by atoms with van der Waals surface area (Å²) >= 11 is 0. The second-order valence-electron chi connectivity index (χ2n) is 8.66. The van der Waals surface area contributed by atoms with Gasteiger partial charge in [0.25, 0.3) is 11.8 Å². The highest BCUT2D eigenvalue weighted by Gasteiger charge is 2.38. The number of benzene rings is 1. The van der Waals surface area contributed by atoms with Crippen LogP contribution in [-0.4, -0.2) is 65.5 Å². The SMILES string of the molecule is COc1c2n(cc(C(=O)NCc3ccc(F)cc3F)c1=O)[C@@H]1CN(C2=O)C(C)CCON(C)/C(C)=N\1. The van der Waals surface area contributed by atoms with E-state index >= 15 is 0 Å². The molecule has 2 aliphatic rings. The average molecular weight is 504 g/mol. The number of hydrogen-bond donors (Lipinski definition) is 1. The second-order valence-corrected chi connectivity index (χ2v) is 8.66. The fourth-order valence-corrected chi connectivity index (χ4v) is 4.21. The van der Waals surface area contributed by atoms with E-state index in [4.69, 9.17) is 9.57 Å². The minimum absolute atomic E-state index is 0.00701. The predicted molar refractivity (Wildman–Crippen MR) is 126 cm³/mol. The largest absolute Gasteiger partial charge is 0.491 e. The van der Waals surface area contributed by atoms with Crippen LogP contribution in [-0.2, 0) is 11.4 Å². The Morgan fingerprint density at radius 3 is 2.75 bits per heavy atom. The van der Waals surface area contributed by atoms with Crippen molar-refractivity contribution >= 4 is 17.6 Å². The zero-order valence-corrected chi connectivity index (χ0v) is 20.4. The summed E-state index contributed by atoms with van der Waals surface area (Å²) in [4.78, 5) is 51.6. The molecule has 3 heterocycles. The first-order valence-corrected chi connectivity index (χ1v) is 11.4. The normalized spacial score (nSPS) is 21.4. The molecule has 0 fully saturated rings. The Morgan fingerprint density at radius 1 is 1.31 bits per heavy atom. The number of nitrogens with one attached hydrogen (secondary N) is 1. The fraction of sp³-hybridized carbons (Fsp3) is 0.417. The van der Waals surface area contributed by atoms with Crippen LogP contribution < -0.4 is 15.5 Å². The van der Waals surface area contributed by atoms with Crippen molar-refractivity contribution in [2.45, 2.75) is 39.0 Å². The molecule has 1 aromatic carbocycles. The number of pyridine rings is 1. The maximum absolute atomic E-state index is 14.0. The molecule has 12 heteroatoms. The van der Waals surface area contributed by atoms with E-state index in [1.54, 1.807) is 18.9 Å². The summed E-state index contributed by atoms with van der Waals surface area (Å²) in [7, 11) is 2.97. The summed E-state index contributed by atoms with van der Waals surface area (Å²) in [5, 5.41) is 4.01. The van der Waals surface area contributed by atoms with E-state index in [0.29, 0.717) is 24.9 Å². The lowest BCUT2D eigenvalue weighted by Crippen LogP contribution is -2.50. The lowest BCUT2D eigenvalue weighted by molar-refractivity contribution is -0.0875. The maximum atomic E-state index is 14.0. The molecule has 4 rings (SSSR count). The molecule has 1 aromatic heterocycles. The summed E-state index contributed by atoms with van der Waals surface area (Å²) in [5.41, 5.74) is -1.05. The third-order valence-electron chi connectivity index (χ3n) is 6.38. The molecular formula is C24H27F2N5O5. The van der Waals surface area contributed by atoms with Gasteiger partial charge in [0.15, 0.2) is 11.4 Å². The van der Waals surface area contributed by atoms with Crippen LogP contribution in [0, 0.1) is 11.6 Å². The Morgan fingerprint density at radius 2 is 2.06 bits per heavy atom. The van der Waals surface area contributed by atoms with Gasteiger partial charge in [-0.3, -0.25) is 19.2 Å². The van der Waals surface area contributed by atoms with Crippen LogP contribution in [0.2, 0.25) is 0 Å². The van der Waals surface area contributed by atoms with Gasteiger partial charge in [0.2, 0.25) is 5.43 Å². The fourth-order valence-electron chi connectivity index (χ4n) is 4.21. The number of halogens is 2. The van der Waals surface area contributed by atoms with Crippen molar-refractivity contribution in [2.24, 2.45) is 4.99 Å². The molecule has 0 saturated heterocycles. The highest BCUT2D eigenvalue weighted by molar-refractivity contribution is 5.99. The molecule has 0 spiro atoms. The highest BCUT2D eigenvalue weighted by Crippen LogP contribution is 2.30. The Labute approximate surface area is 206 Å². The lowest BCUT2D eigenvalue weighted by atomic mass is 10.1. The van der Waals surface area contributed by atoms with Crippen molar-refractivity contribution in [3.63, 3.8) is 0 Å². The van der Waals surface area contributed by atoms with Gasteiger partial charge in [-0.05, 0) is 26.3 Å². The molecular weight excluding hydrogens is 476 g/mol. The van der Waals surface area contributed by atoms with E-state index in [1.807, 2.05) is 6.92 Å². The molecule has 0 aliphatic carbocycles. The van der Waals surface area contributed by atoms with Crippen LogP contribution in [0.25, 0.3) is 0 Å². The molecule has 0 saturated carbocycles. The van der Waals surface area contributed by atoms with E-state index in [9.17, 15) is 23.2 Å². The molecule has 2 atom stereocenters. The summed E-state index contributed by atoms with van der Waals surface area (Å²) in [6, 6.07) is 2.77. The van der Waals surface area contributed by atoms with Crippen molar-refractivity contribution < 1.29 is 27.9 Å². The molecule has 2 bridgehead atoms. The van der Waals surface area contributed by atoms with Crippen LogP contribution in [0.5, 0.6) is 5.75 Å². The number of aliphatic imine (C=N–C) groups is 1.